The Morgan fingerprint density at radius 2 is 2.20 bits per heavy atom. The Bertz CT molecular complexity index is 476. The van der Waals surface area contributed by atoms with Crippen molar-refractivity contribution < 1.29 is 4.74 Å². The minimum Gasteiger partial charge on any atom is -0.487 e. The minimum atomic E-state index is -0.0464. The molecule has 3 rings (SSSR count). The van der Waals surface area contributed by atoms with Gasteiger partial charge in [-0.2, -0.15) is 0 Å². The fourth-order valence-electron chi connectivity index (χ4n) is 3.20. The SMILES string of the molecule is C[C@H]1CN(Cc2cccc3c2OC(C)(C)C3)CCN1.Cl. The highest BCUT2D eigenvalue weighted by Crippen LogP contribution is 2.38. The number of rotatable bonds is 2. The van der Waals surface area contributed by atoms with Gasteiger partial charge in [0, 0.05) is 44.2 Å². The van der Waals surface area contributed by atoms with Crippen molar-refractivity contribution in [2.75, 3.05) is 19.6 Å². The Morgan fingerprint density at radius 3 is 2.95 bits per heavy atom. The summed E-state index contributed by atoms with van der Waals surface area (Å²) in [6.45, 7) is 10.9. The molecule has 1 N–H and O–H groups in total. The van der Waals surface area contributed by atoms with Crippen LogP contribution in [-0.2, 0) is 13.0 Å². The van der Waals surface area contributed by atoms with Gasteiger partial charge in [0.1, 0.15) is 11.4 Å². The highest BCUT2D eigenvalue weighted by Gasteiger charge is 2.32. The van der Waals surface area contributed by atoms with Gasteiger partial charge in [-0.05, 0) is 26.3 Å². The topological polar surface area (TPSA) is 24.5 Å². The van der Waals surface area contributed by atoms with Gasteiger partial charge < -0.3 is 10.1 Å². The highest BCUT2D eigenvalue weighted by molar-refractivity contribution is 5.85. The molecule has 2 aliphatic heterocycles. The molecular weight excluding hydrogens is 272 g/mol. The van der Waals surface area contributed by atoms with E-state index in [1.54, 1.807) is 0 Å². The van der Waals surface area contributed by atoms with Crippen LogP contribution in [0.15, 0.2) is 18.2 Å². The third kappa shape index (κ3) is 3.27. The van der Waals surface area contributed by atoms with Crippen LogP contribution in [0.5, 0.6) is 5.75 Å². The Hall–Kier alpha value is -0.770. The zero-order valence-corrected chi connectivity index (χ0v) is 13.4. The van der Waals surface area contributed by atoms with E-state index < -0.39 is 0 Å². The van der Waals surface area contributed by atoms with Crippen molar-refractivity contribution in [1.29, 1.82) is 0 Å². The van der Waals surface area contributed by atoms with Crippen molar-refractivity contribution in [1.82, 2.24) is 10.2 Å². The average Bonchev–Trinajstić information content (AvgIpc) is 2.64. The molecule has 0 saturated carbocycles. The third-order valence-corrected chi connectivity index (χ3v) is 4.02. The number of ether oxygens (including phenoxy) is 1. The predicted molar refractivity (Wildman–Crippen MR) is 84.8 cm³/mol. The van der Waals surface area contributed by atoms with Crippen molar-refractivity contribution in [3.8, 4) is 5.75 Å². The molecule has 4 heteroatoms. The zero-order valence-electron chi connectivity index (χ0n) is 12.6. The van der Waals surface area contributed by atoms with Crippen molar-refractivity contribution in [2.24, 2.45) is 0 Å². The van der Waals surface area contributed by atoms with Gasteiger partial charge in [-0.3, -0.25) is 4.90 Å². The van der Waals surface area contributed by atoms with E-state index in [2.05, 4.69) is 49.2 Å². The molecule has 0 spiro atoms. The molecular formula is C16H25ClN2O. The number of piperazine rings is 1. The summed E-state index contributed by atoms with van der Waals surface area (Å²) in [4.78, 5) is 2.52. The van der Waals surface area contributed by atoms with E-state index in [-0.39, 0.29) is 18.0 Å². The first kappa shape index (κ1) is 15.6. The van der Waals surface area contributed by atoms with Gasteiger partial charge >= 0.3 is 0 Å². The number of hydrogen-bond donors (Lipinski definition) is 1. The Balaban J connectivity index is 0.00000147. The molecule has 1 fully saturated rings. The number of nitrogens with one attached hydrogen (secondary N) is 1. The fourth-order valence-corrected chi connectivity index (χ4v) is 3.20. The van der Waals surface area contributed by atoms with Crippen LogP contribution in [0.4, 0.5) is 0 Å². The molecule has 0 aliphatic carbocycles. The number of para-hydroxylation sites is 1. The summed E-state index contributed by atoms with van der Waals surface area (Å²) in [6, 6.07) is 7.17. The van der Waals surface area contributed by atoms with E-state index >= 15 is 0 Å². The van der Waals surface area contributed by atoms with Crippen molar-refractivity contribution in [3.05, 3.63) is 29.3 Å². The van der Waals surface area contributed by atoms with E-state index in [4.69, 9.17) is 4.74 Å². The second-order valence-electron chi connectivity index (χ2n) is 6.53. The van der Waals surface area contributed by atoms with Crippen LogP contribution < -0.4 is 10.1 Å². The summed E-state index contributed by atoms with van der Waals surface area (Å²) in [5.41, 5.74) is 2.66. The maximum atomic E-state index is 6.15. The fraction of sp³-hybridized carbons (Fsp3) is 0.625. The summed E-state index contributed by atoms with van der Waals surface area (Å²) in [7, 11) is 0. The molecule has 1 aromatic carbocycles. The lowest BCUT2D eigenvalue weighted by Crippen LogP contribution is -2.48. The summed E-state index contributed by atoms with van der Waals surface area (Å²) >= 11 is 0. The first-order chi connectivity index (χ1) is 9.03. The standard InChI is InChI=1S/C16H24N2O.ClH/c1-12-10-18(8-7-17-12)11-14-6-4-5-13-9-16(2,3)19-15(13)14;/h4-6,12,17H,7-11H2,1-3H3;1H/t12-;/m0./s1. The van der Waals surface area contributed by atoms with Crippen LogP contribution >= 0.6 is 12.4 Å². The lowest BCUT2D eigenvalue weighted by molar-refractivity contribution is 0.133. The molecule has 0 bridgehead atoms. The van der Waals surface area contributed by atoms with E-state index in [0.29, 0.717) is 6.04 Å². The maximum absolute atomic E-state index is 6.15. The summed E-state index contributed by atoms with van der Waals surface area (Å²) in [5, 5.41) is 3.49. The number of fused-ring (bicyclic) bond motifs is 1. The van der Waals surface area contributed by atoms with Gasteiger partial charge in [0.25, 0.3) is 0 Å². The highest BCUT2D eigenvalue weighted by atomic mass is 35.5. The van der Waals surface area contributed by atoms with Gasteiger partial charge in [-0.1, -0.05) is 18.2 Å². The lowest BCUT2D eigenvalue weighted by atomic mass is 10.0. The molecule has 0 unspecified atom stereocenters. The number of halogens is 1. The van der Waals surface area contributed by atoms with E-state index in [1.807, 2.05) is 0 Å². The molecule has 2 heterocycles. The smallest absolute Gasteiger partial charge is 0.127 e. The Morgan fingerprint density at radius 1 is 1.40 bits per heavy atom. The van der Waals surface area contributed by atoms with Crippen LogP contribution in [0.3, 0.4) is 0 Å². The second-order valence-corrected chi connectivity index (χ2v) is 6.53. The van der Waals surface area contributed by atoms with E-state index in [9.17, 15) is 0 Å². The van der Waals surface area contributed by atoms with Gasteiger partial charge in [-0.25, -0.2) is 0 Å². The Labute approximate surface area is 128 Å². The van der Waals surface area contributed by atoms with Crippen LogP contribution in [0.25, 0.3) is 0 Å². The van der Waals surface area contributed by atoms with Gasteiger partial charge in [0.05, 0.1) is 0 Å². The zero-order chi connectivity index (χ0) is 13.5. The molecule has 1 saturated heterocycles. The normalized spacial score (nSPS) is 24.6. The van der Waals surface area contributed by atoms with Crippen molar-refractivity contribution >= 4 is 12.4 Å². The molecule has 0 amide bonds. The average molecular weight is 297 g/mol. The molecule has 1 aromatic rings. The summed E-state index contributed by atoms with van der Waals surface area (Å²) in [6.07, 6.45) is 1.02. The minimum absolute atomic E-state index is 0. The summed E-state index contributed by atoms with van der Waals surface area (Å²) < 4.78 is 6.15. The van der Waals surface area contributed by atoms with Crippen molar-refractivity contribution in [3.63, 3.8) is 0 Å². The molecule has 1 atom stereocenters. The van der Waals surface area contributed by atoms with Gasteiger partial charge in [0.15, 0.2) is 0 Å². The predicted octanol–water partition coefficient (Wildman–Crippen LogP) is 2.62. The number of nitrogens with zero attached hydrogens (tertiary/aromatic N) is 1. The third-order valence-electron chi connectivity index (χ3n) is 4.02. The first-order valence-corrected chi connectivity index (χ1v) is 7.29. The quantitative estimate of drug-likeness (QED) is 0.908. The maximum Gasteiger partial charge on any atom is 0.127 e. The van der Waals surface area contributed by atoms with Crippen LogP contribution in [0.1, 0.15) is 31.9 Å². The van der Waals surface area contributed by atoms with Crippen molar-refractivity contribution in [2.45, 2.75) is 45.4 Å². The Kier molecular flexibility index (Phi) is 4.62. The molecule has 112 valence electrons. The molecule has 3 nitrogen and oxygen atoms in total. The van der Waals surface area contributed by atoms with Gasteiger partial charge in [-0.15, -0.1) is 12.4 Å². The second kappa shape index (κ2) is 5.92. The number of benzene rings is 1. The molecule has 2 aliphatic rings. The lowest BCUT2D eigenvalue weighted by Gasteiger charge is -2.32. The summed E-state index contributed by atoms with van der Waals surface area (Å²) in [5.74, 6) is 1.14. The van der Waals surface area contributed by atoms with E-state index in [1.165, 1.54) is 11.1 Å². The largest absolute Gasteiger partial charge is 0.487 e. The number of hydrogen-bond acceptors (Lipinski definition) is 3. The van der Waals surface area contributed by atoms with Crippen LogP contribution in [0.2, 0.25) is 0 Å². The van der Waals surface area contributed by atoms with E-state index in [0.717, 1.165) is 38.3 Å². The monoisotopic (exact) mass is 296 g/mol. The van der Waals surface area contributed by atoms with Crippen LogP contribution in [-0.4, -0.2) is 36.2 Å². The molecule has 20 heavy (non-hydrogen) atoms. The van der Waals surface area contributed by atoms with Crippen LogP contribution in [0, 0.1) is 0 Å². The molecule has 0 radical (unpaired) electrons. The first-order valence-electron chi connectivity index (χ1n) is 7.29. The van der Waals surface area contributed by atoms with Gasteiger partial charge in [0.2, 0.25) is 0 Å². The molecule has 0 aromatic heterocycles.